The normalized spacial score (nSPS) is 11.1. The molecule has 0 heterocycles. The molecule has 0 radical (unpaired) electrons. The zero-order valence-electron chi connectivity index (χ0n) is 9.39. The second-order valence-electron chi connectivity index (χ2n) is 3.17. The molecule has 0 saturated heterocycles. The number of carbonyl (C=O) groups excluding carboxylic acids is 2. The van der Waals surface area contributed by atoms with Crippen LogP contribution in [0.4, 0.5) is 0 Å². The maximum absolute atomic E-state index is 11.4. The molecule has 0 aromatic heterocycles. The molecule has 0 atom stereocenters. The van der Waals surface area contributed by atoms with E-state index in [4.69, 9.17) is 0 Å². The van der Waals surface area contributed by atoms with Crippen molar-refractivity contribution in [3.63, 3.8) is 0 Å². The Morgan fingerprint density at radius 1 is 1.25 bits per heavy atom. The Kier molecular flexibility index (Phi) is 7.40. The van der Waals surface area contributed by atoms with Crippen molar-refractivity contribution in [1.29, 1.82) is 0 Å². The van der Waals surface area contributed by atoms with Gasteiger partial charge in [0, 0.05) is 12.7 Å². The minimum Gasteiger partial charge on any atom is -0.469 e. The molecule has 16 heavy (non-hydrogen) atoms. The Bertz CT molecular complexity index is 334. The minimum atomic E-state index is -3.21. The standard InChI is InChI=1S/C9H16O5S2/c1-8(10)15-5-3-6-16(12,13)7-4-9(11)14-2/h3-7H2,1-2H3. The number of rotatable bonds is 7. The molecule has 0 aromatic carbocycles. The van der Waals surface area contributed by atoms with Crippen LogP contribution in [0.15, 0.2) is 0 Å². The second-order valence-corrected chi connectivity index (χ2v) is 6.75. The van der Waals surface area contributed by atoms with Crippen molar-refractivity contribution in [2.75, 3.05) is 24.4 Å². The summed E-state index contributed by atoms with van der Waals surface area (Å²) < 4.78 is 27.1. The molecule has 0 amide bonds. The third-order valence-corrected chi connectivity index (χ3v) is 4.39. The summed E-state index contributed by atoms with van der Waals surface area (Å²) in [4.78, 5) is 21.3. The lowest BCUT2D eigenvalue weighted by molar-refractivity contribution is -0.140. The van der Waals surface area contributed by atoms with Crippen molar-refractivity contribution in [2.24, 2.45) is 0 Å². The zero-order valence-corrected chi connectivity index (χ0v) is 11.0. The number of thioether (sulfide) groups is 1. The summed E-state index contributed by atoms with van der Waals surface area (Å²) in [5.41, 5.74) is 0. The van der Waals surface area contributed by atoms with Crippen LogP contribution in [0.3, 0.4) is 0 Å². The predicted molar refractivity (Wildman–Crippen MR) is 63.0 cm³/mol. The maximum atomic E-state index is 11.4. The molecule has 0 aromatic rings. The average molecular weight is 268 g/mol. The van der Waals surface area contributed by atoms with Gasteiger partial charge in [0.25, 0.3) is 0 Å². The Morgan fingerprint density at radius 2 is 1.88 bits per heavy atom. The first-order valence-corrected chi connectivity index (χ1v) is 7.58. The molecule has 0 N–H and O–H groups in total. The van der Waals surface area contributed by atoms with E-state index in [0.29, 0.717) is 12.2 Å². The maximum Gasteiger partial charge on any atom is 0.306 e. The van der Waals surface area contributed by atoms with E-state index in [1.807, 2.05) is 0 Å². The highest BCUT2D eigenvalue weighted by Gasteiger charge is 2.13. The number of carbonyl (C=O) groups is 2. The molecule has 94 valence electrons. The van der Waals surface area contributed by atoms with Crippen LogP contribution in [-0.2, 0) is 24.2 Å². The summed E-state index contributed by atoms with van der Waals surface area (Å²) in [6, 6.07) is 0. The van der Waals surface area contributed by atoms with Crippen LogP contribution in [0.1, 0.15) is 19.8 Å². The lowest BCUT2D eigenvalue weighted by Gasteiger charge is -2.02. The number of hydrogen-bond acceptors (Lipinski definition) is 6. The summed E-state index contributed by atoms with van der Waals surface area (Å²) in [7, 11) is -1.99. The van der Waals surface area contributed by atoms with Gasteiger partial charge in [0.1, 0.15) is 0 Å². The second kappa shape index (κ2) is 7.67. The van der Waals surface area contributed by atoms with Crippen molar-refractivity contribution < 1.29 is 22.7 Å². The molecule has 0 spiro atoms. The van der Waals surface area contributed by atoms with E-state index in [-0.39, 0.29) is 23.0 Å². The van der Waals surface area contributed by atoms with Crippen molar-refractivity contribution in [2.45, 2.75) is 19.8 Å². The van der Waals surface area contributed by atoms with Crippen LogP contribution >= 0.6 is 11.8 Å². The molecule has 0 fully saturated rings. The van der Waals surface area contributed by atoms with Crippen molar-refractivity contribution in [3.05, 3.63) is 0 Å². The summed E-state index contributed by atoms with van der Waals surface area (Å²) in [6.45, 7) is 1.44. The zero-order chi connectivity index (χ0) is 12.6. The molecule has 0 rings (SSSR count). The minimum absolute atomic E-state index is 0.00424. The van der Waals surface area contributed by atoms with E-state index >= 15 is 0 Å². The van der Waals surface area contributed by atoms with Gasteiger partial charge in [-0.1, -0.05) is 11.8 Å². The van der Waals surface area contributed by atoms with Crippen LogP contribution in [-0.4, -0.2) is 43.9 Å². The highest BCUT2D eigenvalue weighted by Crippen LogP contribution is 2.06. The van der Waals surface area contributed by atoms with Gasteiger partial charge in [0.15, 0.2) is 15.0 Å². The summed E-state index contributed by atoms with van der Waals surface area (Å²) in [5, 5.41) is -0.0213. The molecular weight excluding hydrogens is 252 g/mol. The fraction of sp³-hybridized carbons (Fsp3) is 0.778. The van der Waals surface area contributed by atoms with E-state index in [2.05, 4.69) is 4.74 Å². The molecule has 7 heteroatoms. The fourth-order valence-electron chi connectivity index (χ4n) is 0.938. The van der Waals surface area contributed by atoms with Gasteiger partial charge in [0.05, 0.1) is 25.0 Å². The lowest BCUT2D eigenvalue weighted by Crippen LogP contribution is -2.15. The molecular formula is C9H16O5S2. The first-order chi connectivity index (χ1) is 7.37. The van der Waals surface area contributed by atoms with E-state index in [9.17, 15) is 18.0 Å². The smallest absolute Gasteiger partial charge is 0.306 e. The van der Waals surface area contributed by atoms with Crippen LogP contribution < -0.4 is 0 Å². The van der Waals surface area contributed by atoms with Crippen LogP contribution in [0.25, 0.3) is 0 Å². The quantitative estimate of drug-likeness (QED) is 0.498. The monoisotopic (exact) mass is 268 g/mol. The number of ether oxygens (including phenoxy) is 1. The van der Waals surface area contributed by atoms with Gasteiger partial charge in [0.2, 0.25) is 0 Å². The fourth-order valence-corrected chi connectivity index (χ4v) is 2.96. The summed E-state index contributed by atoms with van der Waals surface area (Å²) >= 11 is 1.11. The SMILES string of the molecule is COC(=O)CCS(=O)(=O)CCCSC(C)=O. The van der Waals surface area contributed by atoms with Crippen LogP contribution in [0.2, 0.25) is 0 Å². The molecule has 0 saturated carbocycles. The van der Waals surface area contributed by atoms with Crippen molar-refractivity contribution in [1.82, 2.24) is 0 Å². The Morgan fingerprint density at radius 3 is 2.38 bits per heavy atom. The number of esters is 1. The molecule has 0 unspecified atom stereocenters. The molecule has 0 aliphatic heterocycles. The van der Waals surface area contributed by atoms with Crippen molar-refractivity contribution in [3.8, 4) is 0 Å². The Labute approximate surface area is 99.8 Å². The van der Waals surface area contributed by atoms with Gasteiger partial charge in [-0.25, -0.2) is 8.42 Å². The van der Waals surface area contributed by atoms with E-state index in [0.717, 1.165) is 11.8 Å². The topological polar surface area (TPSA) is 77.5 Å². The molecule has 5 nitrogen and oxygen atoms in total. The highest BCUT2D eigenvalue weighted by atomic mass is 32.2. The van der Waals surface area contributed by atoms with Gasteiger partial charge in [-0.05, 0) is 6.42 Å². The lowest BCUT2D eigenvalue weighted by atomic mass is 10.5. The van der Waals surface area contributed by atoms with Gasteiger partial charge in [-0.2, -0.15) is 0 Å². The summed E-state index contributed by atoms with van der Waals surface area (Å²) in [6.07, 6.45) is 0.312. The molecule has 0 bridgehead atoms. The van der Waals surface area contributed by atoms with Gasteiger partial charge in [-0.3, -0.25) is 9.59 Å². The third-order valence-electron chi connectivity index (χ3n) is 1.75. The van der Waals surface area contributed by atoms with Gasteiger partial charge >= 0.3 is 5.97 Å². The number of hydrogen-bond donors (Lipinski definition) is 0. The Balaban J connectivity index is 3.79. The van der Waals surface area contributed by atoms with Crippen molar-refractivity contribution >= 4 is 32.7 Å². The largest absolute Gasteiger partial charge is 0.469 e. The van der Waals surface area contributed by atoms with E-state index in [1.165, 1.54) is 14.0 Å². The van der Waals surface area contributed by atoms with Crippen LogP contribution in [0.5, 0.6) is 0 Å². The third kappa shape index (κ3) is 8.72. The first kappa shape index (κ1) is 15.4. The van der Waals surface area contributed by atoms with Gasteiger partial charge < -0.3 is 4.74 Å². The average Bonchev–Trinajstić information content (AvgIpc) is 2.21. The predicted octanol–water partition coefficient (Wildman–Crippen LogP) is 0.634. The molecule has 0 aliphatic rings. The summed E-state index contributed by atoms with van der Waals surface area (Å²) in [5.74, 6) is -0.219. The van der Waals surface area contributed by atoms with Crippen LogP contribution in [0, 0.1) is 0 Å². The number of sulfone groups is 1. The first-order valence-electron chi connectivity index (χ1n) is 4.78. The van der Waals surface area contributed by atoms with Gasteiger partial charge in [-0.15, -0.1) is 0 Å². The molecule has 0 aliphatic carbocycles. The highest BCUT2D eigenvalue weighted by molar-refractivity contribution is 8.13. The van der Waals surface area contributed by atoms with E-state index < -0.39 is 15.8 Å². The number of methoxy groups -OCH3 is 1. The van der Waals surface area contributed by atoms with E-state index in [1.54, 1.807) is 0 Å². The Hall–Kier alpha value is -0.560.